The average molecular weight is 300 g/mol. The Balaban J connectivity index is 2.13. The third kappa shape index (κ3) is 3.20. The summed E-state index contributed by atoms with van der Waals surface area (Å²) in [6.45, 7) is 2.05. The number of aromatic nitrogens is 1. The van der Waals surface area contributed by atoms with Gasteiger partial charge in [0.05, 0.1) is 0 Å². The second-order valence-electron chi connectivity index (χ2n) is 5.21. The molecule has 1 fully saturated rings. The summed E-state index contributed by atoms with van der Waals surface area (Å²) in [7, 11) is -3.62. The molecule has 1 aliphatic carbocycles. The fourth-order valence-corrected chi connectivity index (χ4v) is 3.87. The van der Waals surface area contributed by atoms with Gasteiger partial charge in [0.1, 0.15) is 10.6 Å². The monoisotopic (exact) mass is 300 g/mol. The van der Waals surface area contributed by atoms with Crippen LogP contribution in [0, 0.1) is 5.92 Å². The Bertz CT molecular complexity index is 581. The molecule has 0 spiro atoms. The number of hydrogen-bond acceptors (Lipinski definition) is 4. The zero-order valence-electron chi connectivity index (χ0n) is 11.3. The Morgan fingerprint density at radius 2 is 2.10 bits per heavy atom. The number of carbonyl (C=O) groups is 1. The highest BCUT2D eigenvalue weighted by Crippen LogP contribution is 2.25. The molecule has 0 aromatic carbocycles. The van der Waals surface area contributed by atoms with Crippen LogP contribution < -0.4 is 16.0 Å². The first-order valence-electron chi connectivity index (χ1n) is 6.65. The first-order valence-corrected chi connectivity index (χ1v) is 8.14. The molecule has 1 saturated carbocycles. The van der Waals surface area contributed by atoms with E-state index < -0.39 is 15.9 Å². The van der Waals surface area contributed by atoms with Gasteiger partial charge in [-0.25, -0.2) is 19.0 Å². The first kappa shape index (κ1) is 15.0. The smallest absolute Gasteiger partial charge is 0.281 e. The fourth-order valence-electron chi connectivity index (χ4n) is 2.50. The van der Waals surface area contributed by atoms with Crippen molar-refractivity contribution in [2.75, 3.05) is 0 Å². The van der Waals surface area contributed by atoms with Crippen LogP contribution in [0.4, 0.5) is 0 Å². The summed E-state index contributed by atoms with van der Waals surface area (Å²) in [4.78, 5) is 14.0. The van der Waals surface area contributed by atoms with E-state index in [1.54, 1.807) is 0 Å². The van der Waals surface area contributed by atoms with E-state index in [1.807, 2.05) is 5.43 Å². The summed E-state index contributed by atoms with van der Waals surface area (Å²) in [6, 6.07) is 1.23. The van der Waals surface area contributed by atoms with E-state index in [9.17, 15) is 13.2 Å². The highest BCUT2D eigenvalue weighted by molar-refractivity contribution is 7.89. The summed E-state index contributed by atoms with van der Waals surface area (Å²) in [6.07, 6.45) is 5.35. The Morgan fingerprint density at radius 1 is 1.40 bits per heavy atom. The molecule has 0 aliphatic heterocycles. The van der Waals surface area contributed by atoms with Crippen molar-refractivity contribution in [3.63, 3.8) is 0 Å². The van der Waals surface area contributed by atoms with Crippen molar-refractivity contribution in [3.8, 4) is 0 Å². The first-order chi connectivity index (χ1) is 9.44. The minimum Gasteiger partial charge on any atom is -0.356 e. The van der Waals surface area contributed by atoms with E-state index >= 15 is 0 Å². The maximum Gasteiger partial charge on any atom is 0.281 e. The molecule has 0 radical (unpaired) electrons. The van der Waals surface area contributed by atoms with Crippen molar-refractivity contribution in [3.05, 3.63) is 18.0 Å². The molecule has 112 valence electrons. The number of rotatable bonds is 4. The van der Waals surface area contributed by atoms with Gasteiger partial charge in [-0.1, -0.05) is 19.8 Å². The van der Waals surface area contributed by atoms with Gasteiger partial charge in [-0.05, 0) is 24.8 Å². The Kier molecular flexibility index (Phi) is 4.46. The van der Waals surface area contributed by atoms with Crippen LogP contribution in [-0.2, 0) is 10.0 Å². The number of nitrogens with one attached hydrogen (secondary N) is 3. The normalized spacial score (nSPS) is 23.5. The van der Waals surface area contributed by atoms with E-state index in [0.29, 0.717) is 5.92 Å². The molecule has 2 unspecified atom stereocenters. The topological polar surface area (TPSA) is 117 Å². The third-order valence-electron chi connectivity index (χ3n) is 3.76. The summed E-state index contributed by atoms with van der Waals surface area (Å²) in [5.41, 5.74) is 2.06. The molecule has 1 heterocycles. The predicted molar refractivity (Wildman–Crippen MR) is 74.2 cm³/mol. The summed E-state index contributed by atoms with van der Waals surface area (Å²) < 4.78 is 27.3. The van der Waals surface area contributed by atoms with Crippen LogP contribution in [0.15, 0.2) is 17.2 Å². The highest BCUT2D eigenvalue weighted by Gasteiger charge is 2.27. The second-order valence-corrected chi connectivity index (χ2v) is 6.93. The SMILES string of the molecule is CC1CCCCC1NS(=O)(=O)c1c[nH]c(C(=O)NN)c1. The quantitative estimate of drug-likeness (QED) is 0.367. The van der Waals surface area contributed by atoms with Crippen LogP contribution in [-0.4, -0.2) is 25.4 Å². The summed E-state index contributed by atoms with van der Waals surface area (Å²) >= 11 is 0. The van der Waals surface area contributed by atoms with Crippen molar-refractivity contribution in [2.24, 2.45) is 11.8 Å². The van der Waals surface area contributed by atoms with Gasteiger partial charge >= 0.3 is 0 Å². The number of H-pyrrole nitrogens is 1. The maximum atomic E-state index is 12.3. The fraction of sp³-hybridized carbons (Fsp3) is 0.583. The highest BCUT2D eigenvalue weighted by atomic mass is 32.2. The Labute approximate surface area is 118 Å². The zero-order valence-corrected chi connectivity index (χ0v) is 12.2. The summed E-state index contributed by atoms with van der Waals surface area (Å²) in [5, 5.41) is 0. The van der Waals surface area contributed by atoms with Crippen LogP contribution in [0.1, 0.15) is 43.1 Å². The van der Waals surface area contributed by atoms with Crippen LogP contribution in [0.3, 0.4) is 0 Å². The maximum absolute atomic E-state index is 12.3. The van der Waals surface area contributed by atoms with Crippen molar-refractivity contribution < 1.29 is 13.2 Å². The number of aromatic amines is 1. The van der Waals surface area contributed by atoms with Gasteiger partial charge in [0, 0.05) is 12.2 Å². The molecule has 2 rings (SSSR count). The molecule has 5 N–H and O–H groups in total. The van der Waals surface area contributed by atoms with E-state index in [2.05, 4.69) is 16.6 Å². The number of amides is 1. The van der Waals surface area contributed by atoms with Gasteiger partial charge < -0.3 is 4.98 Å². The molecule has 0 saturated heterocycles. The average Bonchev–Trinajstić information content (AvgIpc) is 2.91. The second kappa shape index (κ2) is 5.94. The van der Waals surface area contributed by atoms with Gasteiger partial charge in [0.2, 0.25) is 10.0 Å². The molecule has 7 nitrogen and oxygen atoms in total. The summed E-state index contributed by atoms with van der Waals surface area (Å²) in [5.74, 6) is 4.77. The Morgan fingerprint density at radius 3 is 2.75 bits per heavy atom. The number of carbonyl (C=O) groups excluding carboxylic acids is 1. The van der Waals surface area contributed by atoms with E-state index in [4.69, 9.17) is 5.84 Å². The van der Waals surface area contributed by atoms with Gasteiger partial charge in [0.25, 0.3) is 5.91 Å². The van der Waals surface area contributed by atoms with Gasteiger partial charge in [-0.2, -0.15) is 0 Å². The van der Waals surface area contributed by atoms with Gasteiger partial charge in [-0.15, -0.1) is 0 Å². The lowest BCUT2D eigenvalue weighted by Crippen LogP contribution is -2.40. The Hall–Kier alpha value is -1.38. The lowest BCUT2D eigenvalue weighted by Gasteiger charge is -2.29. The van der Waals surface area contributed by atoms with E-state index in [0.717, 1.165) is 25.7 Å². The molecule has 1 amide bonds. The number of hydrazine groups is 1. The molecular formula is C12H20N4O3S. The number of sulfonamides is 1. The molecule has 1 aromatic heterocycles. The van der Waals surface area contributed by atoms with Gasteiger partial charge in [-0.3, -0.25) is 10.2 Å². The van der Waals surface area contributed by atoms with Crippen LogP contribution in [0.5, 0.6) is 0 Å². The number of nitrogens with two attached hydrogens (primary N) is 1. The largest absolute Gasteiger partial charge is 0.356 e. The molecule has 8 heteroatoms. The minimum absolute atomic E-state index is 0.0459. The zero-order chi connectivity index (χ0) is 14.8. The lowest BCUT2D eigenvalue weighted by atomic mass is 9.87. The van der Waals surface area contributed by atoms with Crippen LogP contribution in [0.25, 0.3) is 0 Å². The van der Waals surface area contributed by atoms with E-state index in [1.165, 1.54) is 12.3 Å². The third-order valence-corrected chi connectivity index (χ3v) is 5.23. The molecule has 20 heavy (non-hydrogen) atoms. The number of nitrogen functional groups attached to an aromatic ring is 1. The molecule has 2 atom stereocenters. The van der Waals surface area contributed by atoms with Crippen LogP contribution >= 0.6 is 0 Å². The molecule has 1 aliphatic rings. The van der Waals surface area contributed by atoms with Crippen molar-refractivity contribution >= 4 is 15.9 Å². The minimum atomic E-state index is -3.62. The van der Waals surface area contributed by atoms with E-state index in [-0.39, 0.29) is 16.6 Å². The van der Waals surface area contributed by atoms with Crippen molar-refractivity contribution in [1.82, 2.24) is 15.1 Å². The van der Waals surface area contributed by atoms with Crippen LogP contribution in [0.2, 0.25) is 0 Å². The van der Waals surface area contributed by atoms with Gasteiger partial charge in [0.15, 0.2) is 0 Å². The molecule has 0 bridgehead atoms. The molecular weight excluding hydrogens is 280 g/mol. The lowest BCUT2D eigenvalue weighted by molar-refractivity contribution is 0.0949. The van der Waals surface area contributed by atoms with Crippen molar-refractivity contribution in [2.45, 2.75) is 43.5 Å². The standard InChI is InChI=1S/C12H20N4O3S/c1-8-4-2-3-5-10(8)16-20(18,19)9-6-11(14-7-9)12(17)15-13/h6-8,10,14,16H,2-5,13H2,1H3,(H,15,17). The van der Waals surface area contributed by atoms with Crippen molar-refractivity contribution in [1.29, 1.82) is 0 Å². The predicted octanol–water partition coefficient (Wildman–Crippen LogP) is 0.475. The number of hydrogen-bond donors (Lipinski definition) is 4. The molecule has 1 aromatic rings.